The van der Waals surface area contributed by atoms with Gasteiger partial charge >= 0.3 is 0 Å². The molecule has 2 aromatic carbocycles. The number of halogens is 1. The number of ether oxygens (including phenoxy) is 1. The van der Waals surface area contributed by atoms with Crippen LogP contribution >= 0.6 is 0 Å². The second-order valence-electron chi connectivity index (χ2n) is 6.67. The van der Waals surface area contributed by atoms with Crippen LogP contribution in [0.1, 0.15) is 24.1 Å². The van der Waals surface area contributed by atoms with Crippen LogP contribution < -0.4 is 11.1 Å². The highest BCUT2D eigenvalue weighted by atomic mass is 19.1. The fourth-order valence-corrected chi connectivity index (χ4v) is 2.94. The van der Waals surface area contributed by atoms with Crippen LogP contribution in [0.5, 0.6) is 0 Å². The zero-order chi connectivity index (χ0) is 21.3. The molecule has 0 aliphatic carbocycles. The SMILES string of the molecule is CC(c1ccc(-c2ccccc2)c(F)c1)c1cc(NC(N)=NCCOCCO)on1. The van der Waals surface area contributed by atoms with Gasteiger partial charge < -0.3 is 20.1 Å². The van der Waals surface area contributed by atoms with E-state index in [9.17, 15) is 4.39 Å². The van der Waals surface area contributed by atoms with Crippen LogP contribution in [-0.2, 0) is 4.74 Å². The molecule has 0 fully saturated rings. The van der Waals surface area contributed by atoms with Gasteiger partial charge in [0.2, 0.25) is 5.88 Å². The molecule has 158 valence electrons. The van der Waals surface area contributed by atoms with Crippen LogP contribution in [0.15, 0.2) is 64.1 Å². The number of nitrogens with two attached hydrogens (primary N) is 1. The molecule has 1 atom stereocenters. The van der Waals surface area contributed by atoms with Crippen molar-refractivity contribution in [2.75, 3.05) is 31.7 Å². The highest BCUT2D eigenvalue weighted by Gasteiger charge is 2.16. The predicted molar refractivity (Wildman–Crippen MR) is 114 cm³/mol. The number of aliphatic hydroxyl groups excluding tert-OH is 1. The average molecular weight is 412 g/mol. The molecule has 8 heteroatoms. The Kier molecular flexibility index (Phi) is 7.53. The minimum absolute atomic E-state index is 0.0324. The second-order valence-corrected chi connectivity index (χ2v) is 6.67. The van der Waals surface area contributed by atoms with Gasteiger partial charge in [-0.1, -0.05) is 54.5 Å². The summed E-state index contributed by atoms with van der Waals surface area (Å²) in [7, 11) is 0. The van der Waals surface area contributed by atoms with Gasteiger partial charge in [-0.15, -0.1) is 0 Å². The summed E-state index contributed by atoms with van der Waals surface area (Å²) in [5.41, 5.74) is 8.62. The van der Waals surface area contributed by atoms with E-state index in [1.54, 1.807) is 12.1 Å². The first-order valence-electron chi connectivity index (χ1n) is 9.65. The van der Waals surface area contributed by atoms with E-state index in [4.69, 9.17) is 20.1 Å². The van der Waals surface area contributed by atoms with Crippen LogP contribution in [0.4, 0.5) is 10.3 Å². The monoisotopic (exact) mass is 412 g/mol. The summed E-state index contributed by atoms with van der Waals surface area (Å²) in [6, 6.07) is 16.3. The summed E-state index contributed by atoms with van der Waals surface area (Å²) < 4.78 is 25.0. The maximum atomic E-state index is 14.7. The Morgan fingerprint density at radius 2 is 2.03 bits per heavy atom. The number of anilines is 1. The number of hydrogen-bond donors (Lipinski definition) is 3. The summed E-state index contributed by atoms with van der Waals surface area (Å²) in [6.45, 7) is 2.86. The molecule has 1 aromatic heterocycles. The highest BCUT2D eigenvalue weighted by Crippen LogP contribution is 2.29. The highest BCUT2D eigenvalue weighted by molar-refractivity contribution is 5.90. The van der Waals surface area contributed by atoms with Crippen LogP contribution in [0, 0.1) is 5.82 Å². The fraction of sp³-hybridized carbons (Fsp3) is 0.273. The second kappa shape index (κ2) is 10.5. The molecule has 7 nitrogen and oxygen atoms in total. The van der Waals surface area contributed by atoms with Crippen molar-refractivity contribution in [3.05, 3.63) is 71.7 Å². The average Bonchev–Trinajstić information content (AvgIpc) is 3.22. The van der Waals surface area contributed by atoms with Gasteiger partial charge in [0.15, 0.2) is 5.96 Å². The Morgan fingerprint density at radius 3 is 2.77 bits per heavy atom. The molecule has 3 aromatic rings. The molecule has 0 saturated heterocycles. The molecule has 1 unspecified atom stereocenters. The van der Waals surface area contributed by atoms with E-state index in [0.29, 0.717) is 30.3 Å². The van der Waals surface area contributed by atoms with Crippen LogP contribution in [-0.4, -0.2) is 42.6 Å². The lowest BCUT2D eigenvalue weighted by molar-refractivity contribution is 0.0978. The van der Waals surface area contributed by atoms with Crippen LogP contribution in [0.2, 0.25) is 0 Å². The lowest BCUT2D eigenvalue weighted by atomic mass is 9.95. The largest absolute Gasteiger partial charge is 0.394 e. The van der Waals surface area contributed by atoms with Gasteiger partial charge in [0.05, 0.1) is 32.1 Å². The molecule has 1 heterocycles. The number of hydrogen-bond acceptors (Lipinski definition) is 5. The van der Waals surface area contributed by atoms with E-state index < -0.39 is 0 Å². The van der Waals surface area contributed by atoms with Crippen molar-refractivity contribution in [2.24, 2.45) is 10.7 Å². The first kappa shape index (κ1) is 21.5. The van der Waals surface area contributed by atoms with Crippen LogP contribution in [0.3, 0.4) is 0 Å². The molecule has 0 spiro atoms. The van der Waals surface area contributed by atoms with Crippen molar-refractivity contribution >= 4 is 11.8 Å². The number of guanidine groups is 1. The quantitative estimate of drug-likeness (QED) is 0.283. The zero-order valence-electron chi connectivity index (χ0n) is 16.7. The number of nitrogens with zero attached hydrogens (tertiary/aromatic N) is 2. The number of rotatable bonds is 9. The van der Waals surface area contributed by atoms with Crippen LogP contribution in [0.25, 0.3) is 11.1 Å². The molecule has 0 aliphatic heterocycles. The Balaban J connectivity index is 1.64. The van der Waals surface area contributed by atoms with E-state index in [0.717, 1.165) is 11.1 Å². The van der Waals surface area contributed by atoms with Gasteiger partial charge in [-0.25, -0.2) is 4.39 Å². The summed E-state index contributed by atoms with van der Waals surface area (Å²) in [4.78, 5) is 4.09. The molecule has 0 radical (unpaired) electrons. The minimum Gasteiger partial charge on any atom is -0.394 e. The Bertz CT molecular complexity index is 976. The van der Waals surface area contributed by atoms with Crippen molar-refractivity contribution in [3.8, 4) is 11.1 Å². The predicted octanol–water partition coefficient (Wildman–Crippen LogP) is 3.37. The van der Waals surface area contributed by atoms with Gasteiger partial charge in [0.25, 0.3) is 0 Å². The lowest BCUT2D eigenvalue weighted by Crippen LogP contribution is -2.23. The lowest BCUT2D eigenvalue weighted by Gasteiger charge is -2.11. The molecule has 0 bridgehead atoms. The van der Waals surface area contributed by atoms with Gasteiger partial charge in [-0.2, -0.15) is 0 Å². The molecular formula is C22H25FN4O3. The molecule has 0 aliphatic rings. The zero-order valence-corrected chi connectivity index (χ0v) is 16.7. The molecule has 3 rings (SSSR count). The van der Waals surface area contributed by atoms with Crippen molar-refractivity contribution < 1.29 is 18.8 Å². The Morgan fingerprint density at radius 1 is 1.23 bits per heavy atom. The third-order valence-electron chi connectivity index (χ3n) is 4.55. The third kappa shape index (κ3) is 5.65. The van der Waals surface area contributed by atoms with Crippen molar-refractivity contribution in [3.63, 3.8) is 0 Å². The smallest absolute Gasteiger partial charge is 0.231 e. The van der Waals surface area contributed by atoms with Gasteiger partial charge in [0, 0.05) is 17.5 Å². The normalized spacial score (nSPS) is 12.7. The van der Waals surface area contributed by atoms with Crippen molar-refractivity contribution in [1.29, 1.82) is 0 Å². The summed E-state index contributed by atoms with van der Waals surface area (Å²) in [6.07, 6.45) is 0. The summed E-state index contributed by atoms with van der Waals surface area (Å²) in [5.74, 6) is 0.0489. The third-order valence-corrected chi connectivity index (χ3v) is 4.55. The standard InChI is InChI=1S/C22H25FN4O3/c1-15(17-7-8-18(19(23)13-17)16-5-3-2-4-6-16)20-14-21(30-27-20)26-22(24)25-9-11-29-12-10-28/h2-8,13-15,28H,9-12H2,1H3,(H3,24,25,26). The van der Waals surface area contributed by atoms with E-state index in [2.05, 4.69) is 15.5 Å². The number of nitrogens with one attached hydrogen (secondary N) is 1. The number of aromatic nitrogens is 1. The maximum Gasteiger partial charge on any atom is 0.231 e. The summed E-state index contributed by atoms with van der Waals surface area (Å²) in [5, 5.41) is 15.5. The van der Waals surface area contributed by atoms with Gasteiger partial charge in [0.1, 0.15) is 5.82 Å². The Hall–Kier alpha value is -3.23. The first-order valence-corrected chi connectivity index (χ1v) is 9.65. The van der Waals surface area contributed by atoms with Crippen molar-refractivity contribution in [2.45, 2.75) is 12.8 Å². The maximum absolute atomic E-state index is 14.7. The number of aliphatic hydroxyl groups is 1. The molecule has 0 amide bonds. The number of benzene rings is 2. The topological polar surface area (TPSA) is 106 Å². The minimum atomic E-state index is -0.285. The molecule has 30 heavy (non-hydrogen) atoms. The molecular weight excluding hydrogens is 387 g/mol. The van der Waals surface area contributed by atoms with E-state index >= 15 is 0 Å². The Labute approximate surface area is 174 Å². The van der Waals surface area contributed by atoms with E-state index in [1.807, 2.05) is 43.3 Å². The van der Waals surface area contributed by atoms with Gasteiger partial charge in [-0.05, 0) is 17.2 Å². The van der Waals surface area contributed by atoms with Gasteiger partial charge in [-0.3, -0.25) is 10.3 Å². The van der Waals surface area contributed by atoms with E-state index in [1.165, 1.54) is 6.07 Å². The fourth-order valence-electron chi connectivity index (χ4n) is 2.94. The molecule has 0 saturated carbocycles. The molecule has 4 N–H and O–H groups in total. The van der Waals surface area contributed by atoms with Crippen molar-refractivity contribution in [1.82, 2.24) is 5.16 Å². The summed E-state index contributed by atoms with van der Waals surface area (Å²) >= 11 is 0. The number of aliphatic imine (C=N–C) groups is 1. The first-order chi connectivity index (χ1) is 14.6. The van der Waals surface area contributed by atoms with E-state index in [-0.39, 0.29) is 30.9 Å².